The van der Waals surface area contributed by atoms with Crippen molar-refractivity contribution >= 4 is 5.97 Å². The summed E-state index contributed by atoms with van der Waals surface area (Å²) in [5.41, 5.74) is 0.190. The van der Waals surface area contributed by atoms with Gasteiger partial charge in [-0.05, 0) is 116 Å². The van der Waals surface area contributed by atoms with E-state index in [2.05, 4.69) is 54.5 Å². The summed E-state index contributed by atoms with van der Waals surface area (Å²) >= 11 is 0. The Bertz CT molecular complexity index is 1720. The van der Waals surface area contributed by atoms with E-state index in [-0.39, 0.29) is 39.6 Å². The first-order chi connectivity index (χ1) is 29.4. The third-order valence-corrected chi connectivity index (χ3v) is 18.9. The van der Waals surface area contributed by atoms with Crippen molar-refractivity contribution in [2.75, 3.05) is 13.2 Å². The third kappa shape index (κ3) is 7.51. The molecular weight excluding hydrogens is 821 g/mol. The van der Waals surface area contributed by atoms with Crippen LogP contribution in [0.1, 0.15) is 120 Å². The molecule has 0 radical (unpaired) electrons. The van der Waals surface area contributed by atoms with E-state index in [1.165, 1.54) is 12.5 Å². The minimum atomic E-state index is -1.73. The first kappa shape index (κ1) is 48.1. The van der Waals surface area contributed by atoms with Crippen LogP contribution < -0.4 is 0 Å². The van der Waals surface area contributed by atoms with Gasteiger partial charge in [-0.25, -0.2) is 0 Å². The molecule has 3 heterocycles. The smallest absolute Gasteiger partial charge is 0.310 e. The Morgan fingerprint density at radius 1 is 0.714 bits per heavy atom. The summed E-state index contributed by atoms with van der Waals surface area (Å²) in [7, 11) is 0. The number of carboxylic acids is 1. The van der Waals surface area contributed by atoms with Crippen molar-refractivity contribution in [3.63, 3.8) is 0 Å². The maximum atomic E-state index is 13.1. The second kappa shape index (κ2) is 16.7. The molecule has 16 nitrogen and oxygen atoms in total. The summed E-state index contributed by atoms with van der Waals surface area (Å²) in [6, 6.07) is 0. The lowest BCUT2D eigenvalue weighted by atomic mass is 9.33. The number of ether oxygens (including phenoxy) is 6. The Hall–Kier alpha value is -1.35. The SMILES string of the molecule is C[C@@H]1O[C@@H](O[C@H]2[C@H](O)[C@@H](O)[C@H](O[C@H]3CC[C@]4(C)[C@H]5CC=C6[C@@H]7CC(C)(C)CC[C@]7(C(=O)O)CC[C@@]6(C)[C@]5(C)CC[C@H]4C3(C)C)O[C@@H]2CO)[C@H](O[C@@H]2OC[C@H](O)[C@H](O)[C@H]2O)[C@H](O)[C@H]1O. The van der Waals surface area contributed by atoms with Crippen LogP contribution in [0.25, 0.3) is 0 Å². The quantitative estimate of drug-likeness (QED) is 0.125. The third-order valence-electron chi connectivity index (χ3n) is 18.9. The number of aliphatic hydroxyl groups is 8. The van der Waals surface area contributed by atoms with E-state index >= 15 is 0 Å². The molecule has 8 aliphatic rings. The van der Waals surface area contributed by atoms with E-state index < -0.39 is 116 Å². The minimum absolute atomic E-state index is 0.0283. The van der Waals surface area contributed by atoms with E-state index in [4.69, 9.17) is 28.4 Å². The number of allylic oxidation sites excluding steroid dienone is 2. The summed E-state index contributed by atoms with van der Waals surface area (Å²) in [6.45, 7) is 16.8. The van der Waals surface area contributed by atoms with Gasteiger partial charge >= 0.3 is 5.97 Å². The molecule has 22 atom stereocenters. The van der Waals surface area contributed by atoms with Crippen molar-refractivity contribution in [2.45, 2.75) is 212 Å². The van der Waals surface area contributed by atoms with Crippen molar-refractivity contribution in [3.8, 4) is 0 Å². The predicted molar refractivity (Wildman–Crippen MR) is 223 cm³/mol. The summed E-state index contributed by atoms with van der Waals surface area (Å²) < 4.78 is 36.0. The van der Waals surface area contributed by atoms with Gasteiger partial charge in [0.25, 0.3) is 0 Å². The first-order valence-electron chi connectivity index (χ1n) is 23.6. The Balaban J connectivity index is 0.976. The Morgan fingerprint density at radius 2 is 1.37 bits per heavy atom. The molecule has 7 fully saturated rings. The molecular formula is C47H76O16. The minimum Gasteiger partial charge on any atom is -0.481 e. The average molecular weight is 897 g/mol. The van der Waals surface area contributed by atoms with Crippen LogP contribution >= 0.6 is 0 Å². The first-order valence-corrected chi connectivity index (χ1v) is 23.6. The molecule has 8 rings (SSSR count). The fraction of sp³-hybridized carbons (Fsp3) is 0.936. The lowest BCUT2D eigenvalue weighted by molar-refractivity contribution is -0.385. The highest BCUT2D eigenvalue weighted by atomic mass is 16.8. The van der Waals surface area contributed by atoms with Crippen molar-refractivity contribution < 1.29 is 79.2 Å². The molecule has 16 heteroatoms. The number of fused-ring (bicyclic) bond motifs is 7. The number of carboxylic acid groups (broad SMARTS) is 1. The van der Waals surface area contributed by atoms with Gasteiger partial charge in [0.2, 0.25) is 0 Å². The van der Waals surface area contributed by atoms with Crippen LogP contribution in [0.4, 0.5) is 0 Å². The van der Waals surface area contributed by atoms with Crippen molar-refractivity contribution in [3.05, 3.63) is 11.6 Å². The number of carbonyl (C=O) groups is 1. The molecule has 0 aromatic carbocycles. The highest BCUT2D eigenvalue weighted by Crippen LogP contribution is 2.76. The van der Waals surface area contributed by atoms with Gasteiger partial charge in [0.15, 0.2) is 18.9 Å². The van der Waals surface area contributed by atoms with Gasteiger partial charge in [-0.3, -0.25) is 4.79 Å². The number of rotatable bonds is 8. The Kier molecular flexibility index (Phi) is 12.8. The second-order valence-electron chi connectivity index (χ2n) is 23.0. The molecule has 0 bridgehead atoms. The molecule has 0 aromatic heterocycles. The largest absolute Gasteiger partial charge is 0.481 e. The molecule has 0 amide bonds. The lowest BCUT2D eigenvalue weighted by Gasteiger charge is -2.71. The molecule has 4 saturated carbocycles. The van der Waals surface area contributed by atoms with E-state index in [0.29, 0.717) is 18.8 Å². The number of aliphatic hydroxyl groups excluding tert-OH is 8. The van der Waals surface area contributed by atoms with Crippen LogP contribution in [0.2, 0.25) is 0 Å². The standard InChI is InChI=1S/C47H76O16/c1-22-30(50)32(52)37(63-38-34(54)31(51)25(49)21-58-38)40(59-22)62-36-26(20-48)60-39(35(55)33(36)53)61-29-12-13-44(6)27(43(29,4)5)11-14-46(8)28(44)10-9-23-24-19-42(2,3)15-17-47(24,41(56)57)18-16-45(23,46)7/h9,22,24-40,48-55H,10-21H2,1-8H3,(H,56,57)/t22-,24-,25-,26+,27-,28+,29-,30-,31-,32+,33+,34+,35+,36+,37+,38-,39-,40-,44-,45+,46+,47-/m0/s1. The molecule has 3 saturated heterocycles. The van der Waals surface area contributed by atoms with Crippen LogP contribution in [-0.2, 0) is 33.2 Å². The second-order valence-corrected chi connectivity index (χ2v) is 23.0. The highest BCUT2D eigenvalue weighted by molar-refractivity contribution is 5.76. The van der Waals surface area contributed by atoms with Crippen LogP contribution in [0.15, 0.2) is 11.6 Å². The topological polar surface area (TPSA) is 255 Å². The van der Waals surface area contributed by atoms with Crippen LogP contribution in [-0.4, -0.2) is 157 Å². The van der Waals surface area contributed by atoms with Crippen molar-refractivity contribution in [2.24, 2.45) is 50.2 Å². The van der Waals surface area contributed by atoms with E-state index in [1.54, 1.807) is 0 Å². The van der Waals surface area contributed by atoms with E-state index in [1.807, 2.05) is 0 Å². The van der Waals surface area contributed by atoms with E-state index in [0.717, 1.165) is 51.4 Å². The molecule has 360 valence electrons. The van der Waals surface area contributed by atoms with Crippen LogP contribution in [0.5, 0.6) is 0 Å². The highest BCUT2D eigenvalue weighted by Gasteiger charge is 2.70. The maximum Gasteiger partial charge on any atom is 0.310 e. The zero-order valence-electron chi connectivity index (χ0n) is 38.3. The van der Waals surface area contributed by atoms with Gasteiger partial charge < -0.3 is 74.4 Å². The average Bonchev–Trinajstić information content (AvgIpc) is 3.21. The van der Waals surface area contributed by atoms with Crippen molar-refractivity contribution in [1.29, 1.82) is 0 Å². The number of aliphatic carboxylic acids is 1. The van der Waals surface area contributed by atoms with Crippen molar-refractivity contribution in [1.82, 2.24) is 0 Å². The van der Waals surface area contributed by atoms with Gasteiger partial charge in [-0.15, -0.1) is 0 Å². The summed E-state index contributed by atoms with van der Waals surface area (Å²) in [5, 5.41) is 97.0. The summed E-state index contributed by atoms with van der Waals surface area (Å²) in [4.78, 5) is 13.1. The van der Waals surface area contributed by atoms with Gasteiger partial charge in [0, 0.05) is 0 Å². The fourth-order valence-electron chi connectivity index (χ4n) is 14.8. The molecule has 0 unspecified atom stereocenters. The predicted octanol–water partition coefficient (Wildman–Crippen LogP) is 2.37. The fourth-order valence-corrected chi connectivity index (χ4v) is 14.8. The van der Waals surface area contributed by atoms with Crippen LogP contribution in [0, 0.1) is 50.2 Å². The maximum absolute atomic E-state index is 13.1. The molecule has 63 heavy (non-hydrogen) atoms. The summed E-state index contributed by atoms with van der Waals surface area (Å²) in [5.74, 6) is 0.00988. The lowest BCUT2D eigenvalue weighted by Crippen LogP contribution is -2.67. The number of hydrogen-bond donors (Lipinski definition) is 9. The number of hydrogen-bond acceptors (Lipinski definition) is 15. The van der Waals surface area contributed by atoms with Crippen LogP contribution in [0.3, 0.4) is 0 Å². The summed E-state index contributed by atoms with van der Waals surface area (Å²) in [6.07, 6.45) is -10.3. The van der Waals surface area contributed by atoms with E-state index in [9.17, 15) is 50.8 Å². The van der Waals surface area contributed by atoms with Gasteiger partial charge in [0.05, 0.1) is 30.8 Å². The monoisotopic (exact) mass is 897 g/mol. The molecule has 5 aliphatic carbocycles. The zero-order chi connectivity index (χ0) is 46.0. The van der Waals surface area contributed by atoms with Gasteiger partial charge in [-0.1, -0.05) is 60.1 Å². The van der Waals surface area contributed by atoms with Gasteiger partial charge in [0.1, 0.15) is 61.0 Å². The van der Waals surface area contributed by atoms with Gasteiger partial charge in [-0.2, -0.15) is 0 Å². The molecule has 0 aromatic rings. The Labute approximate surface area is 371 Å². The molecule has 0 spiro atoms. The Morgan fingerprint density at radius 3 is 2.05 bits per heavy atom. The molecule has 3 aliphatic heterocycles. The molecule has 9 N–H and O–H groups in total. The zero-order valence-corrected chi connectivity index (χ0v) is 38.3. The normalized spacial score (nSPS) is 54.1.